The van der Waals surface area contributed by atoms with Crippen LogP contribution < -0.4 is 4.90 Å². The van der Waals surface area contributed by atoms with Crippen molar-refractivity contribution in [2.24, 2.45) is 0 Å². The van der Waals surface area contributed by atoms with Crippen LogP contribution in [0.1, 0.15) is 32.3 Å². The van der Waals surface area contributed by atoms with Crippen LogP contribution in [0, 0.1) is 0 Å². The van der Waals surface area contributed by atoms with Crippen molar-refractivity contribution >= 4 is 17.6 Å². The maximum Gasteiger partial charge on any atom is 0.128 e. The summed E-state index contributed by atoms with van der Waals surface area (Å²) in [6, 6.07) is 4.46. The van der Waals surface area contributed by atoms with E-state index in [0.29, 0.717) is 0 Å². The lowest BCUT2D eigenvalue weighted by Crippen LogP contribution is -2.39. The summed E-state index contributed by atoms with van der Waals surface area (Å²) in [6.07, 6.45) is 4.69. The van der Waals surface area contributed by atoms with E-state index in [1.807, 2.05) is 0 Å². The zero-order valence-electron chi connectivity index (χ0n) is 12.6. The van der Waals surface area contributed by atoms with Gasteiger partial charge in [0.15, 0.2) is 0 Å². The number of thioether (sulfide) groups is 1. The molecule has 110 valence electrons. The van der Waals surface area contributed by atoms with E-state index >= 15 is 0 Å². The lowest BCUT2D eigenvalue weighted by atomic mass is 10.2. The summed E-state index contributed by atoms with van der Waals surface area (Å²) in [4.78, 5) is 9.62. The first-order valence-corrected chi connectivity index (χ1v) is 8.72. The molecule has 0 unspecified atom stereocenters. The van der Waals surface area contributed by atoms with Crippen molar-refractivity contribution in [1.82, 2.24) is 9.88 Å². The number of pyridine rings is 1. The Balaban J connectivity index is 1.60. The number of anilines is 1. The molecule has 3 heterocycles. The smallest absolute Gasteiger partial charge is 0.128 e. The van der Waals surface area contributed by atoms with E-state index in [1.54, 1.807) is 0 Å². The van der Waals surface area contributed by atoms with Gasteiger partial charge in [-0.1, -0.05) is 19.9 Å². The zero-order chi connectivity index (χ0) is 13.9. The van der Waals surface area contributed by atoms with Gasteiger partial charge in [-0.25, -0.2) is 4.98 Å². The van der Waals surface area contributed by atoms with Crippen LogP contribution >= 0.6 is 11.8 Å². The lowest BCUT2D eigenvalue weighted by Gasteiger charge is -2.34. The number of rotatable bonds is 3. The molecule has 2 atom stereocenters. The van der Waals surface area contributed by atoms with Crippen molar-refractivity contribution in [3.05, 3.63) is 23.9 Å². The van der Waals surface area contributed by atoms with E-state index in [1.165, 1.54) is 44.6 Å². The molecule has 3 rings (SSSR count). The van der Waals surface area contributed by atoms with Crippen LogP contribution in [0.15, 0.2) is 18.3 Å². The van der Waals surface area contributed by atoms with E-state index in [2.05, 4.69) is 58.7 Å². The van der Waals surface area contributed by atoms with E-state index in [9.17, 15) is 0 Å². The second kappa shape index (κ2) is 6.35. The first kappa shape index (κ1) is 14.2. The highest BCUT2D eigenvalue weighted by Gasteiger charge is 2.22. The Bertz CT molecular complexity index is 418. The molecule has 0 spiro atoms. The van der Waals surface area contributed by atoms with Crippen LogP contribution in [-0.2, 0) is 6.54 Å². The molecule has 1 aromatic rings. The number of hydrogen-bond donors (Lipinski definition) is 0. The highest BCUT2D eigenvalue weighted by Crippen LogP contribution is 2.26. The largest absolute Gasteiger partial charge is 0.357 e. The minimum atomic E-state index is 0.746. The Morgan fingerprint density at radius 2 is 1.85 bits per heavy atom. The molecule has 0 bridgehead atoms. The van der Waals surface area contributed by atoms with Crippen molar-refractivity contribution in [2.75, 3.05) is 31.1 Å². The van der Waals surface area contributed by atoms with Crippen LogP contribution in [0.5, 0.6) is 0 Å². The third kappa shape index (κ3) is 3.47. The third-order valence-corrected chi connectivity index (χ3v) is 5.37. The van der Waals surface area contributed by atoms with Crippen molar-refractivity contribution in [3.8, 4) is 0 Å². The van der Waals surface area contributed by atoms with Crippen LogP contribution in [-0.4, -0.2) is 46.6 Å². The fourth-order valence-electron chi connectivity index (χ4n) is 3.32. The van der Waals surface area contributed by atoms with Gasteiger partial charge in [-0.2, -0.15) is 11.8 Å². The maximum absolute atomic E-state index is 4.66. The number of hydrogen-bond acceptors (Lipinski definition) is 4. The summed E-state index contributed by atoms with van der Waals surface area (Å²) in [5.74, 6) is 1.15. The summed E-state index contributed by atoms with van der Waals surface area (Å²) in [5.41, 5.74) is 1.35. The van der Waals surface area contributed by atoms with Gasteiger partial charge in [0.05, 0.1) is 0 Å². The van der Waals surface area contributed by atoms with Crippen molar-refractivity contribution in [3.63, 3.8) is 0 Å². The van der Waals surface area contributed by atoms with E-state index in [4.69, 9.17) is 0 Å². The molecule has 2 fully saturated rings. The highest BCUT2D eigenvalue weighted by molar-refractivity contribution is 8.00. The van der Waals surface area contributed by atoms with Crippen LogP contribution in [0.2, 0.25) is 0 Å². The molecule has 2 aliphatic rings. The third-order valence-electron chi connectivity index (χ3n) is 4.14. The minimum Gasteiger partial charge on any atom is -0.357 e. The predicted octanol–water partition coefficient (Wildman–Crippen LogP) is 3.01. The summed E-state index contributed by atoms with van der Waals surface area (Å²) in [6.45, 7) is 10.5. The first-order chi connectivity index (χ1) is 9.70. The van der Waals surface area contributed by atoms with E-state index in [0.717, 1.165) is 22.9 Å². The Morgan fingerprint density at radius 1 is 1.15 bits per heavy atom. The Hall–Kier alpha value is -0.740. The van der Waals surface area contributed by atoms with Gasteiger partial charge in [-0.3, -0.25) is 4.90 Å². The maximum atomic E-state index is 4.66. The molecule has 20 heavy (non-hydrogen) atoms. The fourth-order valence-corrected chi connectivity index (χ4v) is 4.70. The quantitative estimate of drug-likeness (QED) is 0.852. The summed E-state index contributed by atoms with van der Waals surface area (Å²) < 4.78 is 0. The highest BCUT2D eigenvalue weighted by atomic mass is 32.2. The second-order valence-corrected chi connectivity index (χ2v) is 8.05. The number of nitrogens with zero attached hydrogens (tertiary/aromatic N) is 3. The van der Waals surface area contributed by atoms with Gasteiger partial charge in [-0.15, -0.1) is 0 Å². The molecule has 0 aromatic carbocycles. The Kier molecular flexibility index (Phi) is 4.51. The van der Waals surface area contributed by atoms with Gasteiger partial charge in [0, 0.05) is 49.4 Å². The average molecular weight is 291 g/mol. The topological polar surface area (TPSA) is 19.4 Å². The van der Waals surface area contributed by atoms with Crippen molar-refractivity contribution < 1.29 is 0 Å². The molecule has 0 N–H and O–H groups in total. The predicted molar refractivity (Wildman–Crippen MR) is 87.5 cm³/mol. The molecule has 3 nitrogen and oxygen atoms in total. The normalized spacial score (nSPS) is 28.0. The lowest BCUT2D eigenvalue weighted by molar-refractivity contribution is 0.262. The van der Waals surface area contributed by atoms with Gasteiger partial charge in [0.2, 0.25) is 0 Å². The molecule has 0 radical (unpaired) electrons. The summed E-state index contributed by atoms with van der Waals surface area (Å²) >= 11 is 2.11. The van der Waals surface area contributed by atoms with Gasteiger partial charge >= 0.3 is 0 Å². The fraction of sp³-hybridized carbons (Fsp3) is 0.688. The molecule has 1 aromatic heterocycles. The average Bonchev–Trinajstić information content (AvgIpc) is 2.92. The second-order valence-electron chi connectivity index (χ2n) is 6.17. The molecule has 0 aliphatic carbocycles. The standard InChI is InChI=1S/C16H25N3S/c1-13-10-18(11-14(2)20-13)12-15-5-6-16(17-9-15)19-7-3-4-8-19/h5-6,9,13-14H,3-4,7-8,10-12H2,1-2H3/t13-,14-/m0/s1. The van der Waals surface area contributed by atoms with E-state index < -0.39 is 0 Å². The molecule has 0 saturated carbocycles. The number of aromatic nitrogens is 1. The van der Waals surface area contributed by atoms with Gasteiger partial charge < -0.3 is 4.90 Å². The molecule has 4 heteroatoms. The monoisotopic (exact) mass is 291 g/mol. The zero-order valence-corrected chi connectivity index (χ0v) is 13.4. The van der Waals surface area contributed by atoms with Gasteiger partial charge in [0.25, 0.3) is 0 Å². The minimum absolute atomic E-state index is 0.746. The molecular weight excluding hydrogens is 266 g/mol. The van der Waals surface area contributed by atoms with Crippen LogP contribution in [0.4, 0.5) is 5.82 Å². The molecular formula is C16H25N3S. The summed E-state index contributed by atoms with van der Waals surface area (Å²) in [7, 11) is 0. The molecule has 2 aliphatic heterocycles. The SMILES string of the molecule is C[C@H]1CN(Cc2ccc(N3CCCC3)nc2)C[C@H](C)S1. The van der Waals surface area contributed by atoms with Crippen LogP contribution in [0.3, 0.4) is 0 Å². The van der Waals surface area contributed by atoms with Gasteiger partial charge in [0.1, 0.15) is 5.82 Å². The van der Waals surface area contributed by atoms with Crippen molar-refractivity contribution in [1.29, 1.82) is 0 Å². The van der Waals surface area contributed by atoms with Gasteiger partial charge in [-0.05, 0) is 24.5 Å². The molecule has 2 saturated heterocycles. The van der Waals surface area contributed by atoms with E-state index in [-0.39, 0.29) is 0 Å². The van der Waals surface area contributed by atoms with Crippen LogP contribution in [0.25, 0.3) is 0 Å². The first-order valence-electron chi connectivity index (χ1n) is 7.78. The summed E-state index contributed by atoms with van der Waals surface area (Å²) in [5, 5.41) is 1.49. The Labute approximate surface area is 126 Å². The van der Waals surface area contributed by atoms with Crippen molar-refractivity contribution in [2.45, 2.75) is 43.7 Å². The Morgan fingerprint density at radius 3 is 2.45 bits per heavy atom. The molecule has 0 amide bonds.